The normalized spacial score (nSPS) is 25.5. The van der Waals surface area contributed by atoms with Crippen LogP contribution in [0.25, 0.3) is 0 Å². The maximum Gasteiger partial charge on any atom is 0.408 e. The molecular formula is C31H44N6O9S2. The zero-order chi connectivity index (χ0) is 35.1. The van der Waals surface area contributed by atoms with Crippen molar-refractivity contribution in [3.8, 4) is 0 Å². The number of carbonyl (C=O) groups is 4. The smallest absolute Gasteiger partial charge is 0.408 e. The fourth-order valence-corrected chi connectivity index (χ4v) is 8.64. The number of rotatable bonds is 12. The monoisotopic (exact) mass is 708 g/mol. The second-order valence-electron chi connectivity index (χ2n) is 14.0. The molecule has 0 unspecified atom stereocenters. The fourth-order valence-electron chi connectivity index (χ4n) is 6.10. The molecule has 1 saturated heterocycles. The second kappa shape index (κ2) is 13.3. The Balaban J connectivity index is 1.41. The molecule has 4 N–H and O–H groups in total. The van der Waals surface area contributed by atoms with Crippen molar-refractivity contribution in [1.82, 2.24) is 24.6 Å². The number of nitrogens with zero attached hydrogens (tertiary/aromatic N) is 2. The Hall–Kier alpha value is -3.70. The van der Waals surface area contributed by atoms with Crippen LogP contribution in [0.15, 0.2) is 43.0 Å². The molecule has 17 heteroatoms. The van der Waals surface area contributed by atoms with Crippen molar-refractivity contribution in [1.29, 1.82) is 0 Å². The summed E-state index contributed by atoms with van der Waals surface area (Å²) in [5, 5.41) is 4.59. The summed E-state index contributed by atoms with van der Waals surface area (Å²) in [7, 11) is -8.25. The molecule has 1 heterocycles. The average Bonchev–Trinajstić information content (AvgIpc) is 3.88. The molecule has 0 spiro atoms. The van der Waals surface area contributed by atoms with Crippen LogP contribution in [-0.2, 0) is 39.4 Å². The van der Waals surface area contributed by atoms with Gasteiger partial charge in [-0.3, -0.25) is 23.8 Å². The van der Waals surface area contributed by atoms with E-state index in [0.29, 0.717) is 25.7 Å². The number of benzene rings is 1. The molecule has 15 nitrogen and oxygen atoms in total. The van der Waals surface area contributed by atoms with Gasteiger partial charge in [0.05, 0.1) is 11.9 Å². The molecule has 1 aliphatic heterocycles. The van der Waals surface area contributed by atoms with E-state index in [9.17, 15) is 36.0 Å². The van der Waals surface area contributed by atoms with Crippen LogP contribution in [0, 0.1) is 11.3 Å². The number of hydrogen-bond acceptors (Lipinski definition) is 9. The van der Waals surface area contributed by atoms with Crippen LogP contribution in [0.2, 0.25) is 0 Å². The number of anilines is 1. The number of ether oxygens (including phenoxy) is 1. The highest BCUT2D eigenvalue weighted by molar-refractivity contribution is 7.91. The van der Waals surface area contributed by atoms with Gasteiger partial charge in [-0.05, 0) is 62.5 Å². The van der Waals surface area contributed by atoms with E-state index in [0.717, 1.165) is 22.0 Å². The topological polar surface area (TPSA) is 200 Å². The summed E-state index contributed by atoms with van der Waals surface area (Å²) in [5.41, 5.74) is -2.30. The highest BCUT2D eigenvalue weighted by Gasteiger charge is 2.62. The molecule has 3 saturated carbocycles. The zero-order valence-corrected chi connectivity index (χ0v) is 28.9. The van der Waals surface area contributed by atoms with Crippen molar-refractivity contribution < 1.29 is 40.8 Å². The first-order valence-corrected chi connectivity index (χ1v) is 19.1. The minimum absolute atomic E-state index is 0.0612. The van der Waals surface area contributed by atoms with Gasteiger partial charge >= 0.3 is 16.3 Å². The number of sulfonamides is 1. The molecular weight excluding hydrogens is 665 g/mol. The van der Waals surface area contributed by atoms with Gasteiger partial charge in [0.1, 0.15) is 23.7 Å². The van der Waals surface area contributed by atoms with Crippen molar-refractivity contribution >= 4 is 49.7 Å². The summed E-state index contributed by atoms with van der Waals surface area (Å²) in [6.07, 6.45) is 4.51. The first-order chi connectivity index (χ1) is 22.5. The van der Waals surface area contributed by atoms with Gasteiger partial charge in [0.15, 0.2) is 0 Å². The highest BCUT2D eigenvalue weighted by atomic mass is 32.2. The summed E-state index contributed by atoms with van der Waals surface area (Å²) in [6.45, 7) is 7.79. The Morgan fingerprint density at radius 2 is 1.67 bits per heavy atom. The van der Waals surface area contributed by atoms with E-state index in [1.54, 1.807) is 39.0 Å². The highest BCUT2D eigenvalue weighted by Crippen LogP contribution is 2.45. The van der Waals surface area contributed by atoms with Gasteiger partial charge in [-0.1, -0.05) is 45.0 Å². The first-order valence-electron chi connectivity index (χ1n) is 16.1. The van der Waals surface area contributed by atoms with Crippen molar-refractivity contribution in [2.75, 3.05) is 17.9 Å². The summed E-state index contributed by atoms with van der Waals surface area (Å²) in [4.78, 5) is 55.6. The summed E-state index contributed by atoms with van der Waals surface area (Å²) < 4.78 is 63.2. The van der Waals surface area contributed by atoms with Gasteiger partial charge in [0, 0.05) is 18.2 Å². The predicted molar refractivity (Wildman–Crippen MR) is 176 cm³/mol. The van der Waals surface area contributed by atoms with E-state index in [1.807, 2.05) is 0 Å². The lowest BCUT2D eigenvalue weighted by atomic mass is 9.85. The van der Waals surface area contributed by atoms with Gasteiger partial charge < -0.3 is 20.3 Å². The molecule has 0 aromatic heterocycles. The average molecular weight is 709 g/mol. The van der Waals surface area contributed by atoms with Crippen molar-refractivity contribution in [3.63, 3.8) is 0 Å². The Morgan fingerprint density at radius 1 is 1.02 bits per heavy atom. The van der Waals surface area contributed by atoms with Crippen LogP contribution < -0.4 is 20.1 Å². The van der Waals surface area contributed by atoms with Crippen LogP contribution in [0.4, 0.5) is 10.5 Å². The van der Waals surface area contributed by atoms with Gasteiger partial charge in [0.2, 0.25) is 21.8 Å². The minimum atomic E-state index is -4.31. The predicted octanol–water partition coefficient (Wildman–Crippen LogP) is 1.57. The molecule has 4 amide bonds. The summed E-state index contributed by atoms with van der Waals surface area (Å²) in [5.74, 6) is -3.14. The molecule has 5 rings (SSSR count). The lowest BCUT2D eigenvalue weighted by Crippen LogP contribution is -2.60. The van der Waals surface area contributed by atoms with Crippen LogP contribution in [-0.4, -0.2) is 92.0 Å². The largest absolute Gasteiger partial charge is 0.446 e. The van der Waals surface area contributed by atoms with Crippen molar-refractivity contribution in [3.05, 3.63) is 43.0 Å². The molecule has 0 bridgehead atoms. The van der Waals surface area contributed by atoms with E-state index in [4.69, 9.17) is 4.74 Å². The maximum atomic E-state index is 14.3. The third-order valence-corrected chi connectivity index (χ3v) is 12.5. The Bertz CT molecular complexity index is 1650. The minimum Gasteiger partial charge on any atom is -0.446 e. The van der Waals surface area contributed by atoms with E-state index >= 15 is 0 Å². The maximum absolute atomic E-state index is 14.3. The standard InChI is InChI=1S/C31H44N6O9S2/c1-5-20-17-31(20,28(40)35-47(42,43)23-15-16-23)33-26(38)24-18-36(48(44,45)34-21-11-7-6-8-12-21)19-37(24)27(39)25(30(2,3)4)32-29(41)46-22-13-9-10-14-22/h5-8,11-12,20,22-25,34H,1,9-10,13-19H2,2-4H3,(H,32,41)(H,33,38)(H,35,40)/t20-,24+,25-,31-/m1/s1. The number of carbonyl (C=O) groups excluding carboxylic acids is 4. The number of hydrogen-bond donors (Lipinski definition) is 4. The zero-order valence-electron chi connectivity index (χ0n) is 27.3. The summed E-state index contributed by atoms with van der Waals surface area (Å²) >= 11 is 0. The molecule has 1 aromatic carbocycles. The SMILES string of the molecule is C=C[C@@H]1C[C@]1(NC(=O)[C@@H]1CN(S(=O)(=O)Nc2ccccc2)CN1C(=O)[C@@H](NC(=O)OC1CCCC1)C(C)(C)C)C(=O)NS(=O)(=O)C1CC1. The first kappa shape index (κ1) is 35.6. The molecule has 4 aliphatic rings. The van der Waals surface area contributed by atoms with Crippen LogP contribution >= 0.6 is 0 Å². The lowest BCUT2D eigenvalue weighted by molar-refractivity contribution is -0.142. The second-order valence-corrected chi connectivity index (χ2v) is 17.6. The number of para-hydroxylation sites is 1. The van der Waals surface area contributed by atoms with Gasteiger partial charge in [-0.25, -0.2) is 13.2 Å². The number of nitrogens with one attached hydrogen (secondary N) is 4. The Morgan fingerprint density at radius 3 is 2.23 bits per heavy atom. The van der Waals surface area contributed by atoms with E-state index in [1.165, 1.54) is 18.2 Å². The van der Waals surface area contributed by atoms with E-state index in [2.05, 4.69) is 26.7 Å². The lowest BCUT2D eigenvalue weighted by Gasteiger charge is -2.35. The molecule has 4 fully saturated rings. The third kappa shape index (κ3) is 7.78. The van der Waals surface area contributed by atoms with Crippen LogP contribution in [0.3, 0.4) is 0 Å². The molecule has 1 aromatic rings. The Labute approximate surface area is 281 Å². The summed E-state index contributed by atoms with van der Waals surface area (Å²) in [6, 6.07) is 5.39. The van der Waals surface area contributed by atoms with Crippen molar-refractivity contribution in [2.24, 2.45) is 11.3 Å². The number of amides is 4. The molecule has 264 valence electrons. The fraction of sp³-hybridized carbons (Fsp3) is 0.613. The van der Waals surface area contributed by atoms with E-state index in [-0.39, 0.29) is 18.2 Å². The quantitative estimate of drug-likeness (QED) is 0.233. The number of alkyl carbamates (subject to hydrolysis) is 1. The molecule has 4 atom stereocenters. The Kier molecular flexibility index (Phi) is 9.87. The molecule has 48 heavy (non-hydrogen) atoms. The van der Waals surface area contributed by atoms with Crippen LogP contribution in [0.1, 0.15) is 65.7 Å². The molecule has 3 aliphatic carbocycles. The third-order valence-electron chi connectivity index (χ3n) is 9.21. The van der Waals surface area contributed by atoms with Crippen molar-refractivity contribution in [2.45, 2.75) is 94.7 Å². The van der Waals surface area contributed by atoms with Crippen LogP contribution in [0.5, 0.6) is 0 Å². The van der Waals surface area contributed by atoms with Gasteiger partial charge in [-0.15, -0.1) is 6.58 Å². The van der Waals surface area contributed by atoms with E-state index < -0.39 is 91.5 Å². The molecule has 0 radical (unpaired) electrons. The van der Waals surface area contributed by atoms with Gasteiger partial charge in [-0.2, -0.15) is 12.7 Å². The van der Waals surface area contributed by atoms with Gasteiger partial charge in [0.25, 0.3) is 5.91 Å².